The first-order valence-corrected chi connectivity index (χ1v) is 6.97. The van der Waals surface area contributed by atoms with Gasteiger partial charge in [0, 0.05) is 11.4 Å². The van der Waals surface area contributed by atoms with Crippen LogP contribution in [0.2, 0.25) is 0 Å². The van der Waals surface area contributed by atoms with Crippen LogP contribution in [0.3, 0.4) is 0 Å². The molecule has 1 N–H and O–H groups in total. The van der Waals surface area contributed by atoms with E-state index in [0.29, 0.717) is 17.2 Å². The van der Waals surface area contributed by atoms with E-state index in [1.54, 1.807) is 29.8 Å². The predicted molar refractivity (Wildman–Crippen MR) is 79.1 cm³/mol. The molecule has 2 aromatic heterocycles. The Labute approximate surface area is 119 Å². The van der Waals surface area contributed by atoms with Crippen molar-refractivity contribution in [3.8, 4) is 0 Å². The van der Waals surface area contributed by atoms with Gasteiger partial charge in [-0.25, -0.2) is 15.0 Å². The number of aryl methyl sites for hydroxylation is 2. The number of fused-ring (bicyclic) bond motifs is 1. The van der Waals surface area contributed by atoms with Crippen molar-refractivity contribution in [2.24, 2.45) is 0 Å². The maximum absolute atomic E-state index is 12.2. The van der Waals surface area contributed by atoms with E-state index in [4.69, 9.17) is 0 Å². The lowest BCUT2D eigenvalue weighted by atomic mass is 10.2. The van der Waals surface area contributed by atoms with Crippen LogP contribution in [0.4, 0.5) is 5.69 Å². The second kappa shape index (κ2) is 4.97. The molecule has 3 rings (SSSR count). The molecular formula is C14H12N4OS. The van der Waals surface area contributed by atoms with Crippen LogP contribution < -0.4 is 5.32 Å². The number of nitrogens with zero attached hydrogens (tertiary/aromatic N) is 3. The van der Waals surface area contributed by atoms with Gasteiger partial charge < -0.3 is 5.32 Å². The summed E-state index contributed by atoms with van der Waals surface area (Å²) < 4.78 is 1.09. The third-order valence-electron chi connectivity index (χ3n) is 2.79. The van der Waals surface area contributed by atoms with E-state index in [-0.39, 0.29) is 5.91 Å². The fourth-order valence-corrected chi connectivity index (χ4v) is 2.62. The van der Waals surface area contributed by atoms with Gasteiger partial charge >= 0.3 is 0 Å². The molecule has 1 aromatic carbocycles. The van der Waals surface area contributed by atoms with Crippen molar-refractivity contribution < 1.29 is 4.79 Å². The summed E-state index contributed by atoms with van der Waals surface area (Å²) in [5.41, 5.74) is 4.52. The molecule has 0 aliphatic heterocycles. The number of carbonyl (C=O) groups excluding carboxylic acids is 1. The van der Waals surface area contributed by atoms with Crippen molar-refractivity contribution in [1.29, 1.82) is 0 Å². The third kappa shape index (κ3) is 2.50. The molecule has 2 heterocycles. The predicted octanol–water partition coefficient (Wildman–Crippen LogP) is 2.96. The van der Waals surface area contributed by atoms with E-state index in [2.05, 4.69) is 20.3 Å². The SMILES string of the molecule is Cc1cc(C(=O)Nc2ccc3scnc3c2)nc(C)n1. The molecule has 6 heteroatoms. The molecule has 20 heavy (non-hydrogen) atoms. The van der Waals surface area contributed by atoms with Crippen molar-refractivity contribution in [2.45, 2.75) is 13.8 Å². The molecule has 0 bridgehead atoms. The van der Waals surface area contributed by atoms with Gasteiger partial charge in [-0.1, -0.05) is 0 Å². The molecule has 0 unspecified atom stereocenters. The topological polar surface area (TPSA) is 67.8 Å². The van der Waals surface area contributed by atoms with Gasteiger partial charge in [0.25, 0.3) is 5.91 Å². The summed E-state index contributed by atoms with van der Waals surface area (Å²) in [6.07, 6.45) is 0. The molecule has 0 aliphatic carbocycles. The molecule has 0 atom stereocenters. The molecule has 3 aromatic rings. The number of amides is 1. The van der Waals surface area contributed by atoms with Gasteiger partial charge in [-0.05, 0) is 38.1 Å². The Balaban J connectivity index is 1.87. The largest absolute Gasteiger partial charge is 0.321 e. The lowest BCUT2D eigenvalue weighted by Gasteiger charge is -2.06. The summed E-state index contributed by atoms with van der Waals surface area (Å²) in [7, 11) is 0. The first-order valence-electron chi connectivity index (χ1n) is 6.09. The highest BCUT2D eigenvalue weighted by molar-refractivity contribution is 7.16. The van der Waals surface area contributed by atoms with E-state index in [0.717, 1.165) is 15.9 Å². The van der Waals surface area contributed by atoms with E-state index in [9.17, 15) is 4.79 Å². The zero-order valence-electron chi connectivity index (χ0n) is 11.0. The quantitative estimate of drug-likeness (QED) is 0.785. The average molecular weight is 284 g/mol. The molecule has 5 nitrogen and oxygen atoms in total. The maximum atomic E-state index is 12.2. The second-order valence-electron chi connectivity index (χ2n) is 4.43. The zero-order valence-corrected chi connectivity index (χ0v) is 11.9. The molecule has 0 aliphatic rings. The van der Waals surface area contributed by atoms with Gasteiger partial charge in [-0.15, -0.1) is 11.3 Å². The van der Waals surface area contributed by atoms with Crippen molar-refractivity contribution in [3.63, 3.8) is 0 Å². The molecule has 100 valence electrons. The molecule has 0 saturated carbocycles. The van der Waals surface area contributed by atoms with Crippen molar-refractivity contribution in [3.05, 3.63) is 47.0 Å². The first kappa shape index (κ1) is 12.7. The standard InChI is InChI=1S/C14H12N4OS/c1-8-5-12(17-9(2)16-8)14(19)18-10-3-4-13-11(6-10)15-7-20-13/h3-7H,1-2H3,(H,18,19). The highest BCUT2D eigenvalue weighted by Gasteiger charge is 2.10. The van der Waals surface area contributed by atoms with Crippen LogP contribution in [-0.4, -0.2) is 20.9 Å². The van der Waals surface area contributed by atoms with Crippen molar-refractivity contribution >= 4 is 33.1 Å². The monoisotopic (exact) mass is 284 g/mol. The zero-order chi connectivity index (χ0) is 14.1. The smallest absolute Gasteiger partial charge is 0.274 e. The van der Waals surface area contributed by atoms with Gasteiger partial charge in [0.1, 0.15) is 11.5 Å². The number of hydrogen-bond donors (Lipinski definition) is 1. The minimum Gasteiger partial charge on any atom is -0.321 e. The Morgan fingerprint density at radius 2 is 2.05 bits per heavy atom. The second-order valence-corrected chi connectivity index (χ2v) is 5.32. The number of carbonyl (C=O) groups is 1. The average Bonchev–Trinajstić information content (AvgIpc) is 2.85. The minimum atomic E-state index is -0.242. The fourth-order valence-electron chi connectivity index (χ4n) is 1.96. The van der Waals surface area contributed by atoms with Crippen molar-refractivity contribution in [2.75, 3.05) is 5.32 Å². The molecule has 0 radical (unpaired) electrons. The van der Waals surface area contributed by atoms with Gasteiger partial charge in [0.05, 0.1) is 15.7 Å². The Bertz CT molecular complexity index is 776. The number of nitrogens with one attached hydrogen (secondary N) is 1. The molecule has 0 spiro atoms. The highest BCUT2D eigenvalue weighted by atomic mass is 32.1. The first-order chi connectivity index (χ1) is 9.61. The Morgan fingerprint density at radius 1 is 1.20 bits per heavy atom. The van der Waals surface area contributed by atoms with Crippen LogP contribution in [0.25, 0.3) is 10.2 Å². The van der Waals surface area contributed by atoms with Crippen LogP contribution in [0, 0.1) is 13.8 Å². The van der Waals surface area contributed by atoms with Crippen LogP contribution in [-0.2, 0) is 0 Å². The number of aromatic nitrogens is 3. The van der Waals surface area contributed by atoms with E-state index < -0.39 is 0 Å². The molecular weight excluding hydrogens is 272 g/mol. The number of anilines is 1. The number of benzene rings is 1. The number of rotatable bonds is 2. The Hall–Kier alpha value is -2.34. The number of thiazole rings is 1. The van der Waals surface area contributed by atoms with E-state index >= 15 is 0 Å². The fraction of sp³-hybridized carbons (Fsp3) is 0.143. The number of hydrogen-bond acceptors (Lipinski definition) is 5. The van der Waals surface area contributed by atoms with Gasteiger partial charge in [0.15, 0.2) is 0 Å². The van der Waals surface area contributed by atoms with E-state index in [1.165, 1.54) is 0 Å². The van der Waals surface area contributed by atoms with E-state index in [1.807, 2.05) is 25.1 Å². The van der Waals surface area contributed by atoms with Gasteiger partial charge in [-0.2, -0.15) is 0 Å². The summed E-state index contributed by atoms with van der Waals surface area (Å²) in [5.74, 6) is 0.346. The maximum Gasteiger partial charge on any atom is 0.274 e. The van der Waals surface area contributed by atoms with Crippen LogP contribution in [0.1, 0.15) is 22.0 Å². The normalized spacial score (nSPS) is 10.7. The summed E-state index contributed by atoms with van der Waals surface area (Å²) in [6.45, 7) is 3.61. The molecule has 1 amide bonds. The summed E-state index contributed by atoms with van der Waals surface area (Å²) >= 11 is 1.57. The van der Waals surface area contributed by atoms with Gasteiger partial charge in [-0.3, -0.25) is 4.79 Å². The summed E-state index contributed by atoms with van der Waals surface area (Å²) in [4.78, 5) is 24.7. The highest BCUT2D eigenvalue weighted by Crippen LogP contribution is 2.21. The van der Waals surface area contributed by atoms with Gasteiger partial charge in [0.2, 0.25) is 0 Å². The van der Waals surface area contributed by atoms with Crippen LogP contribution in [0.5, 0.6) is 0 Å². The lowest BCUT2D eigenvalue weighted by molar-refractivity contribution is 0.102. The Morgan fingerprint density at radius 3 is 2.85 bits per heavy atom. The van der Waals surface area contributed by atoms with Crippen LogP contribution >= 0.6 is 11.3 Å². The lowest BCUT2D eigenvalue weighted by Crippen LogP contribution is -2.15. The third-order valence-corrected chi connectivity index (χ3v) is 3.60. The molecule has 0 fully saturated rings. The summed E-state index contributed by atoms with van der Waals surface area (Å²) in [6, 6.07) is 7.33. The van der Waals surface area contributed by atoms with Crippen LogP contribution in [0.15, 0.2) is 29.8 Å². The molecule has 0 saturated heterocycles. The van der Waals surface area contributed by atoms with Crippen molar-refractivity contribution in [1.82, 2.24) is 15.0 Å². The summed E-state index contributed by atoms with van der Waals surface area (Å²) in [5, 5.41) is 2.83. The Kier molecular flexibility index (Phi) is 3.15. The minimum absolute atomic E-state index is 0.242.